The van der Waals surface area contributed by atoms with Gasteiger partial charge in [0.05, 0.1) is 5.97 Å². The molecule has 0 aliphatic rings. The number of hydrogen-bond donors (Lipinski definition) is 0. The number of aromatic nitrogens is 1. The largest absolute Gasteiger partial charge is 1.00 e. The quantitative estimate of drug-likeness (QED) is 0.427. The van der Waals surface area contributed by atoms with Gasteiger partial charge in [-0.3, -0.25) is 4.98 Å². The molecule has 1 aromatic heterocycles. The van der Waals surface area contributed by atoms with Gasteiger partial charge in [0.25, 0.3) is 0 Å². The third-order valence-electron chi connectivity index (χ3n) is 1.44. The Morgan fingerprint density at radius 1 is 1.50 bits per heavy atom. The molecular formula is C8H8NNaO2. The Kier molecular flexibility index (Phi) is 4.45. The molecule has 1 rings (SSSR count). The van der Waals surface area contributed by atoms with Gasteiger partial charge < -0.3 is 9.90 Å². The van der Waals surface area contributed by atoms with Gasteiger partial charge in [-0.2, -0.15) is 0 Å². The van der Waals surface area contributed by atoms with Crippen molar-refractivity contribution in [2.75, 3.05) is 0 Å². The fourth-order valence-electron chi connectivity index (χ4n) is 0.844. The number of hydrogen-bond acceptors (Lipinski definition) is 3. The number of nitrogens with zero attached hydrogens (tertiary/aromatic N) is 1. The number of rotatable bonds is 1. The van der Waals surface area contributed by atoms with Crippen LogP contribution in [0.4, 0.5) is 0 Å². The number of carboxylic acid groups (broad SMARTS) is 1. The van der Waals surface area contributed by atoms with Crippen LogP contribution in [0.25, 0.3) is 0 Å². The normalized spacial score (nSPS) is 8.83. The summed E-state index contributed by atoms with van der Waals surface area (Å²) in [5.41, 5.74) is 1.50. The second-order valence-corrected chi connectivity index (χ2v) is 2.43. The number of aromatic carboxylic acids is 1. The summed E-state index contributed by atoms with van der Waals surface area (Å²) in [4.78, 5) is 14.3. The Morgan fingerprint density at radius 3 is 2.50 bits per heavy atom. The van der Waals surface area contributed by atoms with Crippen LogP contribution in [0.15, 0.2) is 12.3 Å². The van der Waals surface area contributed by atoms with Crippen molar-refractivity contribution >= 4 is 5.97 Å². The first kappa shape index (κ1) is 11.6. The van der Waals surface area contributed by atoms with Crippen LogP contribution in [0.1, 0.15) is 21.6 Å². The van der Waals surface area contributed by atoms with Gasteiger partial charge in [0.15, 0.2) is 0 Å². The molecule has 0 saturated carbocycles. The Labute approximate surface area is 93.1 Å². The summed E-state index contributed by atoms with van der Waals surface area (Å²) >= 11 is 0. The molecule has 0 radical (unpaired) electrons. The fraction of sp³-hybridized carbons (Fsp3) is 0.250. The van der Waals surface area contributed by atoms with E-state index in [4.69, 9.17) is 0 Å². The van der Waals surface area contributed by atoms with E-state index < -0.39 is 5.97 Å². The van der Waals surface area contributed by atoms with Gasteiger partial charge in [-0.15, -0.1) is 0 Å². The Bertz CT molecular complexity index is 299. The van der Waals surface area contributed by atoms with E-state index in [-0.39, 0.29) is 35.1 Å². The molecule has 0 aromatic carbocycles. The van der Waals surface area contributed by atoms with Crippen molar-refractivity contribution in [1.29, 1.82) is 0 Å². The minimum Gasteiger partial charge on any atom is -0.545 e. The van der Waals surface area contributed by atoms with Crippen LogP contribution in [-0.4, -0.2) is 11.0 Å². The van der Waals surface area contributed by atoms with E-state index in [1.165, 1.54) is 0 Å². The van der Waals surface area contributed by atoms with Crippen LogP contribution in [0.5, 0.6) is 0 Å². The topological polar surface area (TPSA) is 53.0 Å². The second-order valence-electron chi connectivity index (χ2n) is 2.43. The van der Waals surface area contributed by atoms with Crippen LogP contribution < -0.4 is 34.7 Å². The van der Waals surface area contributed by atoms with E-state index in [2.05, 4.69) is 4.98 Å². The molecule has 0 atom stereocenters. The smallest absolute Gasteiger partial charge is 0.545 e. The van der Waals surface area contributed by atoms with Gasteiger partial charge in [0.1, 0.15) is 0 Å². The monoisotopic (exact) mass is 173 g/mol. The summed E-state index contributed by atoms with van der Waals surface area (Å²) in [6.07, 6.45) is 1.63. The van der Waals surface area contributed by atoms with Crippen molar-refractivity contribution in [3.63, 3.8) is 0 Å². The standard InChI is InChI=1S/C8H9NO2.Na/c1-5-3-7(8(10)11)6(2)9-4-5;/h3-4H,1-2H3,(H,10,11);/q;+1/p-1. The number of pyridine rings is 1. The van der Waals surface area contributed by atoms with Crippen molar-refractivity contribution in [2.24, 2.45) is 0 Å². The summed E-state index contributed by atoms with van der Waals surface area (Å²) < 4.78 is 0. The molecule has 0 N–H and O–H groups in total. The zero-order valence-electron chi connectivity index (χ0n) is 7.42. The number of carboxylic acids is 1. The maximum Gasteiger partial charge on any atom is 1.00 e. The first-order valence-corrected chi connectivity index (χ1v) is 3.26. The van der Waals surface area contributed by atoms with Crippen LogP contribution in [0.2, 0.25) is 0 Å². The minimum absolute atomic E-state index is 0. The number of carbonyl (C=O) groups excluding carboxylic acids is 1. The zero-order chi connectivity index (χ0) is 8.43. The predicted molar refractivity (Wildman–Crippen MR) is 38.0 cm³/mol. The molecule has 0 spiro atoms. The van der Waals surface area contributed by atoms with E-state index in [1.807, 2.05) is 0 Å². The third-order valence-corrected chi connectivity index (χ3v) is 1.44. The maximum atomic E-state index is 10.4. The van der Waals surface area contributed by atoms with Gasteiger partial charge in [-0.05, 0) is 25.5 Å². The third kappa shape index (κ3) is 2.59. The molecule has 58 valence electrons. The summed E-state index contributed by atoms with van der Waals surface area (Å²) in [7, 11) is 0. The molecule has 4 heteroatoms. The molecule has 1 heterocycles. The van der Waals surface area contributed by atoms with Crippen LogP contribution in [0.3, 0.4) is 0 Å². The van der Waals surface area contributed by atoms with Gasteiger partial charge in [0, 0.05) is 17.5 Å². The molecule has 3 nitrogen and oxygen atoms in total. The van der Waals surface area contributed by atoms with Crippen molar-refractivity contribution in [3.8, 4) is 0 Å². The first-order valence-electron chi connectivity index (χ1n) is 3.26. The van der Waals surface area contributed by atoms with Gasteiger partial charge in [-0.25, -0.2) is 0 Å². The predicted octanol–water partition coefficient (Wildman–Crippen LogP) is -2.93. The molecule has 0 aliphatic heterocycles. The number of aryl methyl sites for hydroxylation is 2. The summed E-state index contributed by atoms with van der Waals surface area (Å²) in [5, 5.41) is 10.4. The Balaban J connectivity index is 0.00000121. The van der Waals surface area contributed by atoms with Crippen LogP contribution in [-0.2, 0) is 0 Å². The van der Waals surface area contributed by atoms with Crippen molar-refractivity contribution < 1.29 is 39.5 Å². The molecule has 0 fully saturated rings. The van der Waals surface area contributed by atoms with Crippen molar-refractivity contribution in [3.05, 3.63) is 29.1 Å². The minimum atomic E-state index is -1.17. The Hall–Kier alpha value is -0.380. The van der Waals surface area contributed by atoms with Crippen molar-refractivity contribution in [2.45, 2.75) is 13.8 Å². The average molecular weight is 173 g/mol. The average Bonchev–Trinajstić information content (AvgIpc) is 1.94. The van der Waals surface area contributed by atoms with Crippen LogP contribution in [0, 0.1) is 13.8 Å². The summed E-state index contributed by atoms with van der Waals surface area (Å²) in [6, 6.07) is 1.55. The molecule has 1 aromatic rings. The molecule has 0 bridgehead atoms. The molecule has 12 heavy (non-hydrogen) atoms. The second kappa shape index (κ2) is 4.60. The van der Waals surface area contributed by atoms with E-state index >= 15 is 0 Å². The zero-order valence-corrected chi connectivity index (χ0v) is 9.42. The molecule has 0 amide bonds. The van der Waals surface area contributed by atoms with E-state index in [9.17, 15) is 9.90 Å². The molecule has 0 aliphatic carbocycles. The van der Waals surface area contributed by atoms with Gasteiger partial charge >= 0.3 is 29.6 Å². The Morgan fingerprint density at radius 2 is 2.08 bits per heavy atom. The summed E-state index contributed by atoms with van der Waals surface area (Å²) in [6.45, 7) is 3.43. The van der Waals surface area contributed by atoms with E-state index in [1.54, 1.807) is 26.1 Å². The van der Waals surface area contributed by atoms with E-state index in [0.29, 0.717) is 5.69 Å². The first-order chi connectivity index (χ1) is 5.11. The number of carbonyl (C=O) groups is 1. The molecule has 0 saturated heterocycles. The SMILES string of the molecule is Cc1cnc(C)c(C(=O)[O-])c1.[Na+]. The molecular weight excluding hydrogens is 165 g/mol. The van der Waals surface area contributed by atoms with Crippen LogP contribution >= 0.6 is 0 Å². The van der Waals surface area contributed by atoms with Gasteiger partial charge in [0.2, 0.25) is 0 Å². The fourth-order valence-corrected chi connectivity index (χ4v) is 0.844. The molecule has 0 unspecified atom stereocenters. The summed E-state index contributed by atoms with van der Waals surface area (Å²) in [5.74, 6) is -1.17. The van der Waals surface area contributed by atoms with Gasteiger partial charge in [-0.1, -0.05) is 0 Å². The van der Waals surface area contributed by atoms with Crippen molar-refractivity contribution in [1.82, 2.24) is 4.98 Å². The van der Waals surface area contributed by atoms with E-state index in [0.717, 1.165) is 5.56 Å². The maximum absolute atomic E-state index is 10.4.